The molecule has 7 heteroatoms. The lowest BCUT2D eigenvalue weighted by atomic mass is 10.1. The molecule has 0 saturated heterocycles. The Labute approximate surface area is 153 Å². The van der Waals surface area contributed by atoms with Crippen molar-refractivity contribution in [2.75, 3.05) is 11.9 Å². The van der Waals surface area contributed by atoms with Gasteiger partial charge in [0.25, 0.3) is 0 Å². The zero-order valence-electron chi connectivity index (χ0n) is 15.1. The molecule has 2 aromatic carbocycles. The third kappa shape index (κ3) is 5.37. The summed E-state index contributed by atoms with van der Waals surface area (Å²) in [7, 11) is -3.60. The van der Waals surface area contributed by atoms with Crippen molar-refractivity contribution in [2.24, 2.45) is 0 Å². The molecule has 0 fully saturated rings. The van der Waals surface area contributed by atoms with Gasteiger partial charge in [-0.1, -0.05) is 12.1 Å². The van der Waals surface area contributed by atoms with Crippen LogP contribution in [0.1, 0.15) is 29.5 Å². The van der Waals surface area contributed by atoms with Crippen LogP contribution in [0.15, 0.2) is 41.3 Å². The monoisotopic (exact) mass is 378 g/mol. The van der Waals surface area contributed by atoms with Crippen molar-refractivity contribution in [3.05, 3.63) is 58.9 Å². The zero-order chi connectivity index (χ0) is 19.3. The van der Waals surface area contributed by atoms with Crippen LogP contribution in [-0.4, -0.2) is 20.9 Å². The number of sulfonamides is 1. The van der Waals surface area contributed by atoms with Crippen molar-refractivity contribution in [1.29, 1.82) is 0 Å². The smallest absolute Gasteiger partial charge is 0.240 e. The highest BCUT2D eigenvalue weighted by molar-refractivity contribution is 7.89. The molecule has 0 aromatic heterocycles. The molecule has 0 spiro atoms. The Morgan fingerprint density at radius 1 is 1.00 bits per heavy atom. The van der Waals surface area contributed by atoms with Crippen molar-refractivity contribution in [1.82, 2.24) is 4.72 Å². The fraction of sp³-hybridized carbons (Fsp3) is 0.316. The van der Waals surface area contributed by atoms with E-state index in [9.17, 15) is 17.6 Å². The Morgan fingerprint density at radius 3 is 2.35 bits per heavy atom. The molecule has 1 amide bonds. The average Bonchev–Trinajstić information content (AvgIpc) is 2.57. The number of halogens is 1. The number of hydrogen-bond acceptors (Lipinski definition) is 3. The van der Waals surface area contributed by atoms with Crippen LogP contribution in [0.5, 0.6) is 0 Å². The maximum atomic E-state index is 13.5. The number of benzene rings is 2. The second kappa shape index (κ2) is 8.42. The summed E-state index contributed by atoms with van der Waals surface area (Å²) in [5, 5.41) is 2.60. The first-order chi connectivity index (χ1) is 12.2. The van der Waals surface area contributed by atoms with Gasteiger partial charge in [0.15, 0.2) is 0 Å². The summed E-state index contributed by atoms with van der Waals surface area (Å²) in [5.74, 6) is -0.678. The first kappa shape index (κ1) is 20.1. The number of hydrogen-bond donors (Lipinski definition) is 2. The normalized spacial score (nSPS) is 11.4. The Hall–Kier alpha value is -2.25. The Bertz CT molecular complexity index is 911. The van der Waals surface area contributed by atoms with Gasteiger partial charge in [0.1, 0.15) is 5.82 Å². The van der Waals surface area contributed by atoms with E-state index in [1.165, 1.54) is 6.07 Å². The van der Waals surface area contributed by atoms with Crippen LogP contribution in [0.4, 0.5) is 10.1 Å². The molecule has 0 radical (unpaired) electrons. The number of nitrogens with one attached hydrogen (secondary N) is 2. The molecule has 2 aromatic rings. The quantitative estimate of drug-likeness (QED) is 0.725. The highest BCUT2D eigenvalue weighted by Crippen LogP contribution is 2.15. The van der Waals surface area contributed by atoms with Crippen molar-refractivity contribution >= 4 is 21.6 Å². The maximum Gasteiger partial charge on any atom is 0.240 e. The van der Waals surface area contributed by atoms with Gasteiger partial charge in [-0.05, 0) is 68.1 Å². The number of amides is 1. The predicted molar refractivity (Wildman–Crippen MR) is 100 cm³/mol. The van der Waals surface area contributed by atoms with Gasteiger partial charge in [0.2, 0.25) is 15.9 Å². The Kier molecular flexibility index (Phi) is 6.50. The van der Waals surface area contributed by atoms with E-state index in [4.69, 9.17) is 0 Å². The molecule has 5 nitrogen and oxygen atoms in total. The second-order valence-corrected chi connectivity index (χ2v) is 8.03. The van der Waals surface area contributed by atoms with E-state index >= 15 is 0 Å². The van der Waals surface area contributed by atoms with Crippen LogP contribution in [0.2, 0.25) is 0 Å². The first-order valence-electron chi connectivity index (χ1n) is 8.32. The van der Waals surface area contributed by atoms with Gasteiger partial charge in [0, 0.05) is 18.7 Å². The van der Waals surface area contributed by atoms with Gasteiger partial charge in [-0.25, -0.2) is 17.5 Å². The predicted octanol–water partition coefficient (Wildman–Crippen LogP) is 3.45. The Balaban J connectivity index is 1.82. The molecule has 0 unspecified atom stereocenters. The van der Waals surface area contributed by atoms with Gasteiger partial charge < -0.3 is 5.32 Å². The van der Waals surface area contributed by atoms with Crippen LogP contribution >= 0.6 is 0 Å². The van der Waals surface area contributed by atoms with Crippen molar-refractivity contribution in [3.8, 4) is 0 Å². The summed E-state index contributed by atoms with van der Waals surface area (Å²) in [6.07, 6.45) is 0.467. The summed E-state index contributed by atoms with van der Waals surface area (Å²) >= 11 is 0. The van der Waals surface area contributed by atoms with Gasteiger partial charge in [-0.3, -0.25) is 4.79 Å². The third-order valence-electron chi connectivity index (χ3n) is 4.12. The molecule has 140 valence electrons. The molecule has 0 heterocycles. The fourth-order valence-electron chi connectivity index (χ4n) is 2.31. The lowest BCUT2D eigenvalue weighted by Crippen LogP contribution is -2.26. The highest BCUT2D eigenvalue weighted by atomic mass is 32.2. The minimum Gasteiger partial charge on any atom is -0.326 e. The lowest BCUT2D eigenvalue weighted by Gasteiger charge is -2.09. The van der Waals surface area contributed by atoms with E-state index in [0.717, 1.165) is 11.1 Å². The molecule has 0 aliphatic rings. The molecular weight excluding hydrogens is 355 g/mol. The number of anilines is 1. The molecule has 2 rings (SSSR count). The van der Waals surface area contributed by atoms with Crippen LogP contribution in [0.3, 0.4) is 0 Å². The molecule has 0 aliphatic heterocycles. The molecule has 0 aliphatic carbocycles. The molecular formula is C19H23FN2O3S. The summed E-state index contributed by atoms with van der Waals surface area (Å²) < 4.78 is 40.4. The summed E-state index contributed by atoms with van der Waals surface area (Å²) in [6, 6.07) is 9.41. The SMILES string of the molecule is Cc1ccc(S(=O)(=O)NCCCC(=O)Nc2ccc(C)c(F)c2)cc1C. The molecule has 0 atom stereocenters. The largest absolute Gasteiger partial charge is 0.326 e. The minimum atomic E-state index is -3.60. The number of aryl methyl sites for hydroxylation is 3. The summed E-state index contributed by atoms with van der Waals surface area (Å²) in [6.45, 7) is 5.55. The first-order valence-corrected chi connectivity index (χ1v) is 9.80. The standard InChI is InChI=1S/C19H23FN2O3S/c1-13-7-9-17(11-15(13)3)26(24,25)21-10-4-5-19(23)22-16-8-6-14(2)18(20)12-16/h6-9,11-12,21H,4-5,10H2,1-3H3,(H,22,23). The number of carbonyl (C=O) groups is 1. The van der Waals surface area contributed by atoms with E-state index in [-0.39, 0.29) is 29.6 Å². The van der Waals surface area contributed by atoms with Gasteiger partial charge in [-0.2, -0.15) is 0 Å². The number of carbonyl (C=O) groups excluding carboxylic acids is 1. The zero-order valence-corrected chi connectivity index (χ0v) is 15.9. The average molecular weight is 378 g/mol. The third-order valence-corrected chi connectivity index (χ3v) is 5.58. The topological polar surface area (TPSA) is 75.3 Å². The fourth-order valence-corrected chi connectivity index (χ4v) is 3.47. The molecule has 26 heavy (non-hydrogen) atoms. The minimum absolute atomic E-state index is 0.130. The van der Waals surface area contributed by atoms with Crippen molar-refractivity contribution < 1.29 is 17.6 Å². The highest BCUT2D eigenvalue weighted by Gasteiger charge is 2.14. The van der Waals surface area contributed by atoms with Gasteiger partial charge in [0.05, 0.1) is 4.90 Å². The summed E-state index contributed by atoms with van der Waals surface area (Å²) in [5.41, 5.74) is 2.81. The van der Waals surface area contributed by atoms with Gasteiger partial charge in [-0.15, -0.1) is 0 Å². The van der Waals surface area contributed by atoms with Gasteiger partial charge >= 0.3 is 0 Å². The lowest BCUT2D eigenvalue weighted by molar-refractivity contribution is -0.116. The Morgan fingerprint density at radius 2 is 1.69 bits per heavy atom. The van der Waals surface area contributed by atoms with Crippen LogP contribution in [0, 0.1) is 26.6 Å². The molecule has 2 N–H and O–H groups in total. The summed E-state index contributed by atoms with van der Waals surface area (Å²) in [4.78, 5) is 12.1. The second-order valence-electron chi connectivity index (χ2n) is 6.26. The van der Waals surface area contributed by atoms with Crippen molar-refractivity contribution in [3.63, 3.8) is 0 Å². The number of rotatable bonds is 7. The van der Waals surface area contributed by atoms with Crippen LogP contribution in [-0.2, 0) is 14.8 Å². The van der Waals surface area contributed by atoms with Crippen LogP contribution in [0.25, 0.3) is 0 Å². The maximum absolute atomic E-state index is 13.5. The van der Waals surface area contributed by atoms with Crippen LogP contribution < -0.4 is 10.0 Å². The molecule has 0 saturated carbocycles. The van der Waals surface area contributed by atoms with E-state index in [1.807, 2.05) is 13.8 Å². The van der Waals surface area contributed by atoms with E-state index in [1.54, 1.807) is 37.3 Å². The van der Waals surface area contributed by atoms with E-state index < -0.39 is 10.0 Å². The van der Waals surface area contributed by atoms with E-state index in [0.29, 0.717) is 17.7 Å². The van der Waals surface area contributed by atoms with Crippen molar-refractivity contribution in [2.45, 2.75) is 38.5 Å². The van der Waals surface area contributed by atoms with E-state index in [2.05, 4.69) is 10.0 Å². The molecule has 0 bridgehead atoms.